The first-order valence-electron chi connectivity index (χ1n) is 9.31. The monoisotopic (exact) mass is 367 g/mol. The summed E-state index contributed by atoms with van der Waals surface area (Å²) in [5, 5.41) is 15.8. The van der Waals surface area contributed by atoms with Crippen molar-refractivity contribution >= 4 is 16.7 Å². The van der Waals surface area contributed by atoms with E-state index in [1.807, 2.05) is 91.0 Å². The smallest absolute Gasteiger partial charge is 0.225 e. The van der Waals surface area contributed by atoms with Crippen LogP contribution in [0.2, 0.25) is 0 Å². The topological polar surface area (TPSA) is 49.3 Å². The molecule has 4 aromatic carbocycles. The molecule has 0 saturated carbocycles. The van der Waals surface area contributed by atoms with Gasteiger partial charge in [0.05, 0.1) is 12.5 Å². The highest BCUT2D eigenvalue weighted by Crippen LogP contribution is 2.35. The van der Waals surface area contributed by atoms with Gasteiger partial charge in [-0.1, -0.05) is 91.0 Å². The first-order chi connectivity index (χ1) is 13.7. The highest BCUT2D eigenvalue weighted by Gasteiger charge is 2.22. The van der Waals surface area contributed by atoms with Gasteiger partial charge in [-0.2, -0.15) is 0 Å². The third-order valence-electron chi connectivity index (χ3n) is 4.88. The van der Waals surface area contributed by atoms with Crippen LogP contribution in [0.25, 0.3) is 10.8 Å². The van der Waals surface area contributed by atoms with E-state index in [9.17, 15) is 9.90 Å². The van der Waals surface area contributed by atoms with E-state index in [0.29, 0.717) is 5.56 Å². The molecule has 0 heterocycles. The zero-order chi connectivity index (χ0) is 19.3. The zero-order valence-electron chi connectivity index (χ0n) is 15.4. The molecule has 3 nitrogen and oxygen atoms in total. The molecule has 0 aromatic heterocycles. The van der Waals surface area contributed by atoms with Crippen molar-refractivity contribution in [3.8, 4) is 5.75 Å². The maximum atomic E-state index is 12.8. The molecule has 1 atom stereocenters. The van der Waals surface area contributed by atoms with Crippen LogP contribution in [0.1, 0.15) is 22.7 Å². The van der Waals surface area contributed by atoms with Crippen molar-refractivity contribution in [1.82, 2.24) is 5.32 Å². The number of phenolic OH excluding ortho intramolecular Hbond substituents is 1. The Kier molecular flexibility index (Phi) is 5.07. The second-order valence-electron chi connectivity index (χ2n) is 6.79. The van der Waals surface area contributed by atoms with Gasteiger partial charge in [-0.25, -0.2) is 0 Å². The number of hydrogen-bond donors (Lipinski definition) is 2. The van der Waals surface area contributed by atoms with Crippen LogP contribution >= 0.6 is 0 Å². The Labute approximate surface area is 164 Å². The molecule has 0 bridgehead atoms. The highest BCUT2D eigenvalue weighted by atomic mass is 16.3. The molecular formula is C25H21NO2. The number of benzene rings is 4. The molecule has 28 heavy (non-hydrogen) atoms. The molecular weight excluding hydrogens is 346 g/mol. The van der Waals surface area contributed by atoms with E-state index in [1.165, 1.54) is 0 Å². The van der Waals surface area contributed by atoms with Crippen molar-refractivity contribution < 1.29 is 9.90 Å². The first-order valence-corrected chi connectivity index (χ1v) is 9.31. The molecule has 0 radical (unpaired) electrons. The molecule has 4 rings (SSSR count). The van der Waals surface area contributed by atoms with Crippen LogP contribution in [0, 0.1) is 0 Å². The Morgan fingerprint density at radius 3 is 2.18 bits per heavy atom. The van der Waals surface area contributed by atoms with Gasteiger partial charge in [0.15, 0.2) is 0 Å². The standard InChI is InChI=1S/C25H21NO2/c27-22-16-15-19-11-7-8-14-21(19)24(22)25(20-12-5-2-6-13-20)26-23(28)17-18-9-3-1-4-10-18/h1-16,25,27H,17H2,(H,26,28). The molecule has 4 aromatic rings. The lowest BCUT2D eigenvalue weighted by Crippen LogP contribution is -2.30. The molecule has 2 N–H and O–H groups in total. The number of amides is 1. The molecule has 0 aliphatic rings. The summed E-state index contributed by atoms with van der Waals surface area (Å²) in [5.74, 6) is 0.0833. The summed E-state index contributed by atoms with van der Waals surface area (Å²) in [4.78, 5) is 12.8. The fourth-order valence-electron chi connectivity index (χ4n) is 3.55. The SMILES string of the molecule is O=C(Cc1ccccc1)NC(c1ccccc1)c1c(O)ccc2ccccc12. The Morgan fingerprint density at radius 1 is 0.786 bits per heavy atom. The third-order valence-corrected chi connectivity index (χ3v) is 4.88. The van der Waals surface area contributed by atoms with Crippen LogP contribution in [0.15, 0.2) is 97.1 Å². The molecule has 1 unspecified atom stereocenters. The molecule has 0 aliphatic heterocycles. The second kappa shape index (κ2) is 7.97. The summed E-state index contributed by atoms with van der Waals surface area (Å²) in [5.41, 5.74) is 2.59. The number of carbonyl (C=O) groups excluding carboxylic acids is 1. The molecule has 0 spiro atoms. The van der Waals surface area contributed by atoms with Gasteiger partial charge in [0.25, 0.3) is 0 Å². The van der Waals surface area contributed by atoms with E-state index in [-0.39, 0.29) is 18.1 Å². The predicted octanol–water partition coefficient (Wildman–Crippen LogP) is 4.99. The van der Waals surface area contributed by atoms with E-state index in [4.69, 9.17) is 0 Å². The second-order valence-corrected chi connectivity index (χ2v) is 6.79. The minimum atomic E-state index is -0.441. The van der Waals surface area contributed by atoms with Gasteiger partial charge in [0, 0.05) is 5.56 Å². The molecule has 0 saturated heterocycles. The maximum Gasteiger partial charge on any atom is 0.225 e. The van der Waals surface area contributed by atoms with E-state index >= 15 is 0 Å². The van der Waals surface area contributed by atoms with E-state index in [0.717, 1.165) is 21.9 Å². The summed E-state index contributed by atoms with van der Waals surface area (Å²) < 4.78 is 0. The van der Waals surface area contributed by atoms with Crippen LogP contribution in [0.3, 0.4) is 0 Å². The number of phenols is 1. The fraction of sp³-hybridized carbons (Fsp3) is 0.0800. The Bertz CT molecular complexity index is 1090. The van der Waals surface area contributed by atoms with Crippen molar-refractivity contribution in [2.75, 3.05) is 0 Å². The van der Waals surface area contributed by atoms with Crippen LogP contribution in [-0.4, -0.2) is 11.0 Å². The van der Waals surface area contributed by atoms with Gasteiger partial charge >= 0.3 is 0 Å². The predicted molar refractivity (Wildman–Crippen MR) is 112 cm³/mol. The van der Waals surface area contributed by atoms with E-state index in [2.05, 4.69) is 5.32 Å². The Hall–Kier alpha value is -3.59. The number of hydrogen-bond acceptors (Lipinski definition) is 2. The molecule has 0 fully saturated rings. The average molecular weight is 367 g/mol. The number of carbonyl (C=O) groups is 1. The van der Waals surface area contributed by atoms with Gasteiger partial charge in [-0.05, 0) is 28.0 Å². The van der Waals surface area contributed by atoms with Gasteiger partial charge in [0.2, 0.25) is 5.91 Å². The zero-order valence-corrected chi connectivity index (χ0v) is 15.4. The van der Waals surface area contributed by atoms with Crippen LogP contribution in [-0.2, 0) is 11.2 Å². The summed E-state index contributed by atoms with van der Waals surface area (Å²) in [6.45, 7) is 0. The lowest BCUT2D eigenvalue weighted by molar-refractivity contribution is -0.120. The minimum Gasteiger partial charge on any atom is -0.508 e. The number of aromatic hydroxyl groups is 1. The number of fused-ring (bicyclic) bond motifs is 1. The molecule has 0 aliphatic carbocycles. The third kappa shape index (κ3) is 3.74. The Morgan fingerprint density at radius 2 is 1.43 bits per heavy atom. The lowest BCUT2D eigenvalue weighted by atomic mass is 9.92. The van der Waals surface area contributed by atoms with Crippen molar-refractivity contribution in [1.29, 1.82) is 0 Å². The molecule has 138 valence electrons. The average Bonchev–Trinajstić information content (AvgIpc) is 2.74. The summed E-state index contributed by atoms with van der Waals surface area (Å²) in [6, 6.07) is 30.4. The van der Waals surface area contributed by atoms with Crippen molar-refractivity contribution in [3.63, 3.8) is 0 Å². The van der Waals surface area contributed by atoms with Gasteiger partial charge in [0.1, 0.15) is 5.75 Å². The van der Waals surface area contributed by atoms with Crippen molar-refractivity contribution in [2.24, 2.45) is 0 Å². The quantitative estimate of drug-likeness (QED) is 0.522. The minimum absolute atomic E-state index is 0.0904. The van der Waals surface area contributed by atoms with Crippen LogP contribution in [0.4, 0.5) is 0 Å². The van der Waals surface area contributed by atoms with Gasteiger partial charge in [-0.3, -0.25) is 4.79 Å². The lowest BCUT2D eigenvalue weighted by Gasteiger charge is -2.22. The first kappa shape index (κ1) is 17.8. The summed E-state index contributed by atoms with van der Waals surface area (Å²) in [7, 11) is 0. The molecule has 3 heteroatoms. The van der Waals surface area contributed by atoms with Gasteiger partial charge in [-0.15, -0.1) is 0 Å². The van der Waals surface area contributed by atoms with E-state index in [1.54, 1.807) is 6.07 Å². The normalized spacial score (nSPS) is 11.9. The van der Waals surface area contributed by atoms with Gasteiger partial charge < -0.3 is 10.4 Å². The molecule has 1 amide bonds. The largest absolute Gasteiger partial charge is 0.508 e. The summed E-state index contributed by atoms with van der Waals surface area (Å²) >= 11 is 0. The maximum absolute atomic E-state index is 12.8. The van der Waals surface area contributed by atoms with Crippen molar-refractivity contribution in [2.45, 2.75) is 12.5 Å². The van der Waals surface area contributed by atoms with Crippen LogP contribution in [0.5, 0.6) is 5.75 Å². The number of nitrogens with one attached hydrogen (secondary N) is 1. The summed E-state index contributed by atoms with van der Waals surface area (Å²) in [6.07, 6.45) is 0.287. The van der Waals surface area contributed by atoms with Crippen LogP contribution < -0.4 is 5.32 Å². The number of rotatable bonds is 5. The van der Waals surface area contributed by atoms with Crippen molar-refractivity contribution in [3.05, 3.63) is 114 Å². The highest BCUT2D eigenvalue weighted by molar-refractivity contribution is 5.89. The van der Waals surface area contributed by atoms with E-state index < -0.39 is 6.04 Å². The Balaban J connectivity index is 1.75. The fourth-order valence-corrected chi connectivity index (χ4v) is 3.55.